The number of pyridine rings is 1. The summed E-state index contributed by atoms with van der Waals surface area (Å²) in [6.07, 6.45) is 4.07. The van der Waals surface area contributed by atoms with Gasteiger partial charge in [0.25, 0.3) is 5.91 Å². The first-order valence-electron chi connectivity index (χ1n) is 8.80. The Bertz CT molecular complexity index is 726. The molecule has 25 heavy (non-hydrogen) atoms. The first-order valence-corrected chi connectivity index (χ1v) is 8.80. The van der Waals surface area contributed by atoms with Crippen LogP contribution < -0.4 is 9.64 Å². The minimum absolute atomic E-state index is 0.0113. The Kier molecular flexibility index (Phi) is 5.53. The summed E-state index contributed by atoms with van der Waals surface area (Å²) < 4.78 is 5.75. The molecule has 0 N–H and O–H groups in total. The quantitative estimate of drug-likeness (QED) is 0.811. The van der Waals surface area contributed by atoms with Crippen LogP contribution in [0.4, 0.5) is 5.82 Å². The monoisotopic (exact) mass is 339 g/mol. The average Bonchev–Trinajstić information content (AvgIpc) is 3.15. The smallest absolute Gasteiger partial charge is 0.257 e. The molecule has 0 aliphatic carbocycles. The highest BCUT2D eigenvalue weighted by Gasteiger charge is 2.22. The van der Waals surface area contributed by atoms with Crippen LogP contribution in [0.2, 0.25) is 0 Å². The fraction of sp³-hybridized carbons (Fsp3) is 0.400. The molecule has 3 rings (SSSR count). The number of likely N-dealkylation sites (N-methyl/N-ethyl adjacent to an activating group) is 1. The molecule has 0 unspecified atom stereocenters. The van der Waals surface area contributed by atoms with E-state index in [1.165, 1.54) is 0 Å². The highest BCUT2D eigenvalue weighted by Crippen LogP contribution is 2.23. The van der Waals surface area contributed by atoms with E-state index in [9.17, 15) is 4.79 Å². The lowest BCUT2D eigenvalue weighted by atomic mass is 10.2. The van der Waals surface area contributed by atoms with E-state index in [-0.39, 0.29) is 5.91 Å². The van der Waals surface area contributed by atoms with Crippen molar-refractivity contribution in [2.75, 3.05) is 38.2 Å². The Morgan fingerprint density at radius 2 is 2.04 bits per heavy atom. The lowest BCUT2D eigenvalue weighted by Crippen LogP contribution is -2.33. The molecule has 0 atom stereocenters. The molecule has 5 heteroatoms. The van der Waals surface area contributed by atoms with Gasteiger partial charge < -0.3 is 14.5 Å². The number of anilines is 1. The van der Waals surface area contributed by atoms with E-state index < -0.39 is 0 Å². The Hall–Kier alpha value is -2.56. The number of ether oxygens (including phenoxy) is 1. The lowest BCUT2D eigenvalue weighted by molar-refractivity contribution is 0.0774. The van der Waals surface area contributed by atoms with Crippen LogP contribution in [0.25, 0.3) is 0 Å². The molecule has 2 aromatic rings. The van der Waals surface area contributed by atoms with Crippen molar-refractivity contribution >= 4 is 11.7 Å². The van der Waals surface area contributed by atoms with E-state index in [0.29, 0.717) is 18.7 Å². The van der Waals surface area contributed by atoms with Gasteiger partial charge in [-0.3, -0.25) is 4.79 Å². The third-order valence-corrected chi connectivity index (χ3v) is 4.45. The highest BCUT2D eigenvalue weighted by atomic mass is 16.5. The minimum Gasteiger partial charge on any atom is -0.492 e. The Morgan fingerprint density at radius 1 is 1.24 bits per heavy atom. The fourth-order valence-corrected chi connectivity index (χ4v) is 3.06. The van der Waals surface area contributed by atoms with Crippen LogP contribution in [0, 0.1) is 6.92 Å². The van der Waals surface area contributed by atoms with Gasteiger partial charge in [0, 0.05) is 26.3 Å². The van der Waals surface area contributed by atoms with Gasteiger partial charge in [0.1, 0.15) is 18.2 Å². The summed E-state index contributed by atoms with van der Waals surface area (Å²) in [6.45, 7) is 4.96. The predicted molar refractivity (Wildman–Crippen MR) is 99.3 cm³/mol. The molecular formula is C20H25N3O2. The van der Waals surface area contributed by atoms with Gasteiger partial charge in [-0.15, -0.1) is 0 Å². The zero-order valence-corrected chi connectivity index (χ0v) is 14.9. The molecule has 1 aliphatic rings. The van der Waals surface area contributed by atoms with Gasteiger partial charge in [-0.1, -0.05) is 12.1 Å². The number of amides is 1. The molecule has 2 heterocycles. The first-order chi connectivity index (χ1) is 12.1. The summed E-state index contributed by atoms with van der Waals surface area (Å²) in [5.41, 5.74) is 1.83. The average molecular weight is 339 g/mol. The van der Waals surface area contributed by atoms with Crippen LogP contribution in [0.3, 0.4) is 0 Å². The van der Waals surface area contributed by atoms with E-state index in [1.54, 1.807) is 11.1 Å². The summed E-state index contributed by atoms with van der Waals surface area (Å²) in [5, 5.41) is 0. The number of hydrogen-bond donors (Lipinski definition) is 0. The van der Waals surface area contributed by atoms with Crippen molar-refractivity contribution in [2.45, 2.75) is 19.8 Å². The molecule has 1 amide bonds. The van der Waals surface area contributed by atoms with Crippen molar-refractivity contribution in [3.8, 4) is 5.75 Å². The van der Waals surface area contributed by atoms with Crippen molar-refractivity contribution in [1.29, 1.82) is 0 Å². The van der Waals surface area contributed by atoms with Crippen LogP contribution in [0.15, 0.2) is 42.6 Å². The molecule has 1 saturated heterocycles. The Balaban J connectivity index is 1.61. The number of aromatic nitrogens is 1. The summed E-state index contributed by atoms with van der Waals surface area (Å²) in [4.78, 5) is 21.2. The second kappa shape index (κ2) is 8.01. The van der Waals surface area contributed by atoms with Crippen LogP contribution in [-0.4, -0.2) is 49.1 Å². The molecule has 1 fully saturated rings. The van der Waals surface area contributed by atoms with Gasteiger partial charge in [0.05, 0.1) is 12.1 Å². The van der Waals surface area contributed by atoms with E-state index in [0.717, 1.165) is 43.1 Å². The molecule has 0 spiro atoms. The van der Waals surface area contributed by atoms with E-state index in [1.807, 2.05) is 50.4 Å². The van der Waals surface area contributed by atoms with Crippen molar-refractivity contribution < 1.29 is 9.53 Å². The number of aryl methyl sites for hydroxylation is 1. The molecule has 1 aliphatic heterocycles. The van der Waals surface area contributed by atoms with E-state index in [4.69, 9.17) is 4.74 Å². The highest BCUT2D eigenvalue weighted by molar-refractivity contribution is 5.98. The minimum atomic E-state index is -0.0113. The van der Waals surface area contributed by atoms with Crippen LogP contribution in [-0.2, 0) is 0 Å². The number of benzene rings is 1. The molecule has 132 valence electrons. The number of rotatable bonds is 6. The maximum Gasteiger partial charge on any atom is 0.257 e. The standard InChI is InChI=1S/C20H25N3O2/c1-16-7-5-8-17(15-16)25-14-13-22(2)20(24)18-9-6-10-21-19(18)23-11-3-4-12-23/h5-10,15H,3-4,11-14H2,1-2H3. The predicted octanol–water partition coefficient (Wildman–Crippen LogP) is 3.14. The van der Waals surface area contributed by atoms with E-state index in [2.05, 4.69) is 9.88 Å². The van der Waals surface area contributed by atoms with Crippen LogP contribution in [0.1, 0.15) is 28.8 Å². The molecule has 0 saturated carbocycles. The topological polar surface area (TPSA) is 45.7 Å². The number of carbonyl (C=O) groups is 1. The number of hydrogen-bond acceptors (Lipinski definition) is 4. The maximum absolute atomic E-state index is 12.8. The normalized spacial score (nSPS) is 13.8. The van der Waals surface area contributed by atoms with Crippen LogP contribution >= 0.6 is 0 Å². The molecule has 0 bridgehead atoms. The third kappa shape index (κ3) is 4.29. The lowest BCUT2D eigenvalue weighted by Gasteiger charge is -2.23. The van der Waals surface area contributed by atoms with Gasteiger partial charge in [0.15, 0.2) is 0 Å². The van der Waals surface area contributed by atoms with Gasteiger partial charge >= 0.3 is 0 Å². The first kappa shape index (κ1) is 17.3. The molecule has 1 aromatic heterocycles. The largest absolute Gasteiger partial charge is 0.492 e. The summed E-state index contributed by atoms with van der Waals surface area (Å²) >= 11 is 0. The number of nitrogens with zero attached hydrogens (tertiary/aromatic N) is 3. The number of carbonyl (C=O) groups excluding carboxylic acids is 1. The van der Waals surface area contributed by atoms with Gasteiger partial charge in [-0.2, -0.15) is 0 Å². The van der Waals surface area contributed by atoms with Crippen molar-refractivity contribution in [1.82, 2.24) is 9.88 Å². The second-order valence-corrected chi connectivity index (χ2v) is 6.46. The molecule has 5 nitrogen and oxygen atoms in total. The van der Waals surface area contributed by atoms with Crippen molar-refractivity contribution in [3.63, 3.8) is 0 Å². The summed E-state index contributed by atoms with van der Waals surface area (Å²) in [7, 11) is 1.81. The zero-order chi connectivity index (χ0) is 17.6. The zero-order valence-electron chi connectivity index (χ0n) is 14.9. The van der Waals surface area contributed by atoms with Gasteiger partial charge in [-0.25, -0.2) is 4.98 Å². The Morgan fingerprint density at radius 3 is 2.80 bits per heavy atom. The van der Waals surface area contributed by atoms with Crippen LogP contribution in [0.5, 0.6) is 5.75 Å². The summed E-state index contributed by atoms with van der Waals surface area (Å²) in [6, 6.07) is 11.6. The summed E-state index contributed by atoms with van der Waals surface area (Å²) in [5.74, 6) is 1.62. The second-order valence-electron chi connectivity index (χ2n) is 6.46. The van der Waals surface area contributed by atoms with Gasteiger partial charge in [0.2, 0.25) is 0 Å². The van der Waals surface area contributed by atoms with Crippen molar-refractivity contribution in [3.05, 3.63) is 53.7 Å². The SMILES string of the molecule is Cc1cccc(OCCN(C)C(=O)c2cccnc2N2CCCC2)c1. The molecular weight excluding hydrogens is 314 g/mol. The maximum atomic E-state index is 12.8. The van der Waals surface area contributed by atoms with Crippen molar-refractivity contribution in [2.24, 2.45) is 0 Å². The van der Waals surface area contributed by atoms with E-state index >= 15 is 0 Å². The fourth-order valence-electron chi connectivity index (χ4n) is 3.06. The Labute approximate surface area is 149 Å². The molecule has 1 aromatic carbocycles. The third-order valence-electron chi connectivity index (χ3n) is 4.45. The van der Waals surface area contributed by atoms with Gasteiger partial charge in [-0.05, 0) is 49.6 Å². The molecule has 0 radical (unpaired) electrons.